The molecule has 122 valence electrons. The van der Waals surface area contributed by atoms with Crippen molar-refractivity contribution >= 4 is 21.6 Å². The van der Waals surface area contributed by atoms with E-state index in [4.69, 9.17) is 0 Å². The van der Waals surface area contributed by atoms with Crippen LogP contribution in [0.25, 0.3) is 0 Å². The molecule has 0 bridgehead atoms. The Hall–Kier alpha value is -1.38. The number of aliphatic hydroxyl groups excluding tert-OH is 1. The third-order valence-electron chi connectivity index (χ3n) is 3.26. The van der Waals surface area contributed by atoms with E-state index in [-0.39, 0.29) is 11.0 Å². The van der Waals surface area contributed by atoms with Crippen molar-refractivity contribution in [3.8, 4) is 0 Å². The average Bonchev–Trinajstić information content (AvgIpc) is 2.45. The highest BCUT2D eigenvalue weighted by Crippen LogP contribution is 2.32. The summed E-state index contributed by atoms with van der Waals surface area (Å²) >= 11 is 0. The van der Waals surface area contributed by atoms with Gasteiger partial charge in [0.25, 0.3) is 0 Å². The van der Waals surface area contributed by atoms with Gasteiger partial charge in [-0.1, -0.05) is 10.7 Å². The highest BCUT2D eigenvalue weighted by molar-refractivity contribution is 8.14. The minimum absolute atomic E-state index is 0.0260. The summed E-state index contributed by atoms with van der Waals surface area (Å²) in [5, 5.41) is 12.6. The number of hydrogen-bond donors (Lipinski definition) is 3. The molecule has 1 aromatic rings. The third-order valence-corrected chi connectivity index (χ3v) is 5.11. The number of alkyl halides is 3. The van der Waals surface area contributed by atoms with E-state index in [1.54, 1.807) is 0 Å². The minimum atomic E-state index is -4.40. The molecule has 1 heterocycles. The van der Waals surface area contributed by atoms with Crippen molar-refractivity contribution in [1.82, 2.24) is 10.0 Å². The average molecular weight is 334 g/mol. The Kier molecular flexibility index (Phi) is 5.25. The van der Waals surface area contributed by atoms with Gasteiger partial charge in [0, 0.05) is 11.4 Å². The molecule has 0 aromatic heterocycles. The van der Waals surface area contributed by atoms with Crippen LogP contribution in [0.4, 0.5) is 13.2 Å². The monoisotopic (exact) mass is 334 g/mol. The highest BCUT2D eigenvalue weighted by atomic mass is 32.2. The summed E-state index contributed by atoms with van der Waals surface area (Å²) in [5.74, 6) is -0.156. The normalized spacial score (nSPS) is 21.2. The van der Waals surface area contributed by atoms with Gasteiger partial charge in [-0.2, -0.15) is 13.2 Å². The Morgan fingerprint density at radius 1 is 1.36 bits per heavy atom. The number of carbonyl (C=O) groups excluding carboxylic acids is 1. The van der Waals surface area contributed by atoms with Crippen LogP contribution in [-0.2, 0) is 11.0 Å². The lowest BCUT2D eigenvalue weighted by atomic mass is 10.1. The van der Waals surface area contributed by atoms with Crippen LogP contribution in [0.5, 0.6) is 0 Å². The van der Waals surface area contributed by atoms with Crippen LogP contribution in [0, 0.1) is 0 Å². The van der Waals surface area contributed by atoms with Crippen LogP contribution in [0.3, 0.4) is 0 Å². The Morgan fingerprint density at radius 3 is 2.50 bits per heavy atom. The van der Waals surface area contributed by atoms with Crippen LogP contribution in [0.15, 0.2) is 29.2 Å². The Balaban J connectivity index is 2.22. The number of rotatable bonds is 3. The van der Waals surface area contributed by atoms with Crippen LogP contribution >= 0.6 is 10.7 Å². The fourth-order valence-electron chi connectivity index (χ4n) is 2.13. The van der Waals surface area contributed by atoms with Crippen molar-refractivity contribution in [2.75, 3.05) is 6.54 Å². The van der Waals surface area contributed by atoms with Crippen LogP contribution < -0.4 is 10.0 Å². The van der Waals surface area contributed by atoms with E-state index in [9.17, 15) is 23.1 Å². The van der Waals surface area contributed by atoms with E-state index in [2.05, 4.69) is 10.0 Å². The van der Waals surface area contributed by atoms with Crippen LogP contribution in [0.2, 0.25) is 0 Å². The van der Waals surface area contributed by atoms with Gasteiger partial charge in [0.05, 0.1) is 16.7 Å². The molecule has 0 aliphatic carbocycles. The second-order valence-electron chi connectivity index (χ2n) is 4.95. The molecule has 0 saturated carbocycles. The molecular formula is C14H17F3N2O2S. The minimum Gasteiger partial charge on any atom is -0.358 e. The first-order chi connectivity index (χ1) is 10.3. The van der Waals surface area contributed by atoms with Gasteiger partial charge in [-0.05, 0) is 44.0 Å². The van der Waals surface area contributed by atoms with Crippen molar-refractivity contribution in [3.05, 3.63) is 29.8 Å². The summed E-state index contributed by atoms with van der Waals surface area (Å²) in [4.78, 5) is 12.3. The molecule has 2 rings (SSSR count). The third kappa shape index (κ3) is 4.08. The molecule has 1 saturated heterocycles. The second kappa shape index (κ2) is 6.80. The van der Waals surface area contributed by atoms with Gasteiger partial charge in [0.1, 0.15) is 0 Å². The van der Waals surface area contributed by atoms with Crippen molar-refractivity contribution in [1.29, 1.82) is 0 Å². The predicted molar refractivity (Wildman–Crippen MR) is 79.8 cm³/mol. The molecule has 1 fully saturated rings. The number of piperidine rings is 1. The molecule has 1 aromatic carbocycles. The largest absolute Gasteiger partial charge is 0.416 e. The van der Waals surface area contributed by atoms with E-state index in [0.29, 0.717) is 17.9 Å². The molecular weight excluding hydrogens is 317 g/mol. The van der Waals surface area contributed by atoms with Gasteiger partial charge in [0.2, 0.25) is 5.91 Å². The fourth-order valence-corrected chi connectivity index (χ4v) is 3.70. The summed E-state index contributed by atoms with van der Waals surface area (Å²) in [6, 6.07) is 4.13. The van der Waals surface area contributed by atoms with Gasteiger partial charge < -0.3 is 10.4 Å². The van der Waals surface area contributed by atoms with Gasteiger partial charge in [0.15, 0.2) is 0 Å². The predicted octanol–water partition coefficient (Wildman–Crippen LogP) is 2.82. The summed E-state index contributed by atoms with van der Waals surface area (Å²) in [7, 11) is -0.999. The van der Waals surface area contributed by atoms with E-state index >= 15 is 0 Å². The summed E-state index contributed by atoms with van der Waals surface area (Å²) in [6.45, 7) is 2.08. The Bertz CT molecular complexity index is 581. The first-order valence-corrected chi connectivity index (χ1v) is 7.99. The maximum atomic E-state index is 12.6. The number of carbonyl (C=O) groups is 1. The van der Waals surface area contributed by atoms with Gasteiger partial charge in [-0.3, -0.25) is 9.52 Å². The molecule has 1 amide bonds. The Labute approximate surface area is 128 Å². The number of hydrogen-bond acceptors (Lipinski definition) is 2. The lowest BCUT2D eigenvalue weighted by Crippen LogP contribution is -2.46. The topological polar surface area (TPSA) is 61.4 Å². The zero-order valence-corrected chi connectivity index (χ0v) is 12.7. The number of aliphatic hydroxyl groups is 1. The second-order valence-corrected chi connectivity index (χ2v) is 6.86. The molecule has 22 heavy (non-hydrogen) atoms. The van der Waals surface area contributed by atoms with Crippen molar-refractivity contribution in [2.45, 2.75) is 36.9 Å². The van der Waals surface area contributed by atoms with E-state index in [1.807, 2.05) is 0 Å². The number of halogens is 3. The quantitative estimate of drug-likeness (QED) is 0.745. The van der Waals surface area contributed by atoms with E-state index in [0.717, 1.165) is 18.6 Å². The summed E-state index contributed by atoms with van der Waals surface area (Å²) in [5.41, 5.74) is -0.745. The highest BCUT2D eigenvalue weighted by Gasteiger charge is 2.30. The van der Waals surface area contributed by atoms with Crippen LogP contribution in [0.1, 0.15) is 25.3 Å². The molecule has 3 N–H and O–H groups in total. The molecule has 1 unspecified atom stereocenters. The van der Waals surface area contributed by atoms with E-state index in [1.165, 1.54) is 19.1 Å². The van der Waals surface area contributed by atoms with Crippen molar-refractivity contribution < 1.29 is 23.1 Å². The zero-order chi connectivity index (χ0) is 16.3. The maximum absolute atomic E-state index is 12.6. The lowest BCUT2D eigenvalue weighted by Gasteiger charge is -2.25. The first-order valence-electron chi connectivity index (χ1n) is 6.77. The smallest absolute Gasteiger partial charge is 0.358 e. The molecule has 4 nitrogen and oxygen atoms in total. The zero-order valence-electron chi connectivity index (χ0n) is 11.9. The summed E-state index contributed by atoms with van der Waals surface area (Å²) < 4.78 is 40.8. The number of benzene rings is 1. The van der Waals surface area contributed by atoms with Crippen molar-refractivity contribution in [3.63, 3.8) is 0 Å². The van der Waals surface area contributed by atoms with Crippen molar-refractivity contribution in [2.24, 2.45) is 0 Å². The first kappa shape index (κ1) is 17.0. The molecule has 0 spiro atoms. The van der Waals surface area contributed by atoms with Gasteiger partial charge >= 0.3 is 6.18 Å². The number of amides is 1. The Morgan fingerprint density at radius 2 is 2.00 bits per heavy atom. The molecule has 1 aliphatic heterocycles. The number of nitrogens with one attached hydrogen (secondary N) is 2. The molecule has 8 heteroatoms. The molecule has 1 aliphatic rings. The summed E-state index contributed by atoms with van der Waals surface area (Å²) in [6.07, 6.45) is -2.95. The maximum Gasteiger partial charge on any atom is 0.416 e. The molecule has 0 radical (unpaired) electrons. The SMILES string of the molecule is C/C(O)=S(/N[C@H]1CCCNC1=O)c1ccc(C(F)(F)F)cc1. The molecule has 2 atom stereocenters. The van der Waals surface area contributed by atoms with Crippen LogP contribution in [-0.4, -0.2) is 28.7 Å². The van der Waals surface area contributed by atoms with Gasteiger partial charge in [-0.25, -0.2) is 0 Å². The lowest BCUT2D eigenvalue weighted by molar-refractivity contribution is -0.137. The fraction of sp³-hybridized carbons (Fsp3) is 0.429. The van der Waals surface area contributed by atoms with E-state index < -0.39 is 28.5 Å². The van der Waals surface area contributed by atoms with Gasteiger partial charge in [-0.15, -0.1) is 0 Å². The standard InChI is InChI=1S/C14H17F3N2O2S/c1-9(20)22(19-12-3-2-8-18-13(12)21)11-6-4-10(5-7-11)14(15,16)17/h4-7,12,19-20H,2-3,8H2,1H3,(H,18,21)/t12-,22?/m0/s1.